The van der Waals surface area contributed by atoms with Crippen molar-refractivity contribution in [3.63, 3.8) is 0 Å². The number of rotatable bonds is 0. The topological polar surface area (TPSA) is 33.3 Å². The lowest BCUT2D eigenvalue weighted by Gasteiger charge is -2.05. The second kappa shape index (κ2) is 11.1. The van der Waals surface area contributed by atoms with Crippen LogP contribution in [0, 0.1) is 0 Å². The predicted molar refractivity (Wildman–Crippen MR) is 71.2 cm³/mol. The summed E-state index contributed by atoms with van der Waals surface area (Å²) in [6.45, 7) is 6.21. The molecule has 1 saturated heterocycles. The summed E-state index contributed by atoms with van der Waals surface area (Å²) in [5.41, 5.74) is 0. The Morgan fingerprint density at radius 1 is 0.667 bits per heavy atom. The van der Waals surface area contributed by atoms with Crippen molar-refractivity contribution in [2.24, 2.45) is 0 Å². The Labute approximate surface area is 101 Å². The molecule has 0 amide bonds. The summed E-state index contributed by atoms with van der Waals surface area (Å²) in [4.78, 5) is 0. The van der Waals surface area contributed by atoms with Gasteiger partial charge in [-0.3, -0.25) is 0 Å². The van der Waals surface area contributed by atoms with Crippen LogP contribution >= 0.6 is 23.5 Å². The van der Waals surface area contributed by atoms with Crippen molar-refractivity contribution in [2.75, 3.05) is 62.4 Å². The summed E-state index contributed by atoms with van der Waals surface area (Å²) in [5, 5.41) is 6.85. The fourth-order valence-corrected chi connectivity index (χ4v) is 2.71. The van der Waals surface area contributed by atoms with Gasteiger partial charge in [-0.2, -0.15) is 23.5 Å². The van der Waals surface area contributed by atoms with E-state index < -0.39 is 0 Å². The van der Waals surface area contributed by atoms with Crippen LogP contribution in [-0.2, 0) is 4.74 Å². The lowest BCUT2D eigenvalue weighted by atomic mass is 10.5. The molecule has 1 heterocycles. The third-order valence-electron chi connectivity index (χ3n) is 2.07. The maximum Gasteiger partial charge on any atom is 0.0557 e. The van der Waals surface area contributed by atoms with E-state index >= 15 is 0 Å². The molecule has 0 aliphatic carbocycles. The average molecular weight is 250 g/mol. The molecule has 0 saturated carbocycles. The average Bonchev–Trinajstić information content (AvgIpc) is 2.27. The van der Waals surface area contributed by atoms with Crippen LogP contribution in [0.1, 0.15) is 0 Å². The molecule has 1 aliphatic heterocycles. The number of ether oxygens (including phenoxy) is 1. The van der Waals surface area contributed by atoms with Crippen molar-refractivity contribution in [3.05, 3.63) is 0 Å². The lowest BCUT2D eigenvalue weighted by Crippen LogP contribution is -2.29. The fourth-order valence-electron chi connectivity index (χ4n) is 1.26. The smallest absolute Gasteiger partial charge is 0.0557 e. The van der Waals surface area contributed by atoms with E-state index in [2.05, 4.69) is 10.6 Å². The molecular formula is C10H22N2OS2. The Bertz CT molecular complexity index is 80.0. The monoisotopic (exact) mass is 250 g/mol. The normalized spacial score (nSPS) is 24.0. The molecule has 0 bridgehead atoms. The second-order valence-corrected chi connectivity index (χ2v) is 5.79. The number of thioether (sulfide) groups is 2. The van der Waals surface area contributed by atoms with Crippen molar-refractivity contribution in [1.29, 1.82) is 0 Å². The van der Waals surface area contributed by atoms with Crippen LogP contribution in [0.2, 0.25) is 0 Å². The molecule has 1 aliphatic rings. The summed E-state index contributed by atoms with van der Waals surface area (Å²) in [5.74, 6) is 4.64. The Balaban J connectivity index is 2.01. The SMILES string of the molecule is C1CNCCSCCOCCSCCN1. The molecule has 0 spiro atoms. The maximum atomic E-state index is 5.53. The predicted octanol–water partition coefficient (Wildman–Crippen LogP) is 0.662. The van der Waals surface area contributed by atoms with E-state index in [9.17, 15) is 0 Å². The number of hydrogen-bond acceptors (Lipinski definition) is 5. The van der Waals surface area contributed by atoms with Gasteiger partial charge < -0.3 is 15.4 Å². The third kappa shape index (κ3) is 9.51. The molecule has 90 valence electrons. The highest BCUT2D eigenvalue weighted by molar-refractivity contribution is 7.99. The quantitative estimate of drug-likeness (QED) is 0.660. The second-order valence-electron chi connectivity index (χ2n) is 3.34. The van der Waals surface area contributed by atoms with Gasteiger partial charge in [0.1, 0.15) is 0 Å². The summed E-state index contributed by atoms with van der Waals surface area (Å²) in [6, 6.07) is 0. The summed E-state index contributed by atoms with van der Waals surface area (Å²) < 4.78 is 5.53. The molecule has 1 rings (SSSR count). The van der Waals surface area contributed by atoms with Gasteiger partial charge in [0.05, 0.1) is 13.2 Å². The van der Waals surface area contributed by atoms with Crippen LogP contribution in [0.15, 0.2) is 0 Å². The maximum absolute atomic E-state index is 5.53. The van der Waals surface area contributed by atoms with Crippen LogP contribution in [0.3, 0.4) is 0 Å². The zero-order valence-corrected chi connectivity index (χ0v) is 10.9. The molecule has 0 aromatic carbocycles. The van der Waals surface area contributed by atoms with Crippen LogP contribution < -0.4 is 10.6 Å². The molecule has 0 unspecified atom stereocenters. The molecule has 15 heavy (non-hydrogen) atoms. The first kappa shape index (κ1) is 13.6. The van der Waals surface area contributed by atoms with Gasteiger partial charge in [0.2, 0.25) is 0 Å². The van der Waals surface area contributed by atoms with Crippen molar-refractivity contribution in [1.82, 2.24) is 10.6 Å². The zero-order chi connectivity index (χ0) is 10.6. The van der Waals surface area contributed by atoms with Crippen LogP contribution in [0.4, 0.5) is 0 Å². The summed E-state index contributed by atoms with van der Waals surface area (Å²) >= 11 is 3.94. The molecule has 2 N–H and O–H groups in total. The fraction of sp³-hybridized carbons (Fsp3) is 1.00. The van der Waals surface area contributed by atoms with E-state index in [0.29, 0.717) is 0 Å². The van der Waals surface area contributed by atoms with Gasteiger partial charge in [-0.05, 0) is 0 Å². The minimum atomic E-state index is 0.906. The molecule has 0 atom stereocenters. The summed E-state index contributed by atoms with van der Waals surface area (Å²) in [6.07, 6.45) is 0. The highest BCUT2D eigenvalue weighted by Crippen LogP contribution is 2.00. The van der Waals surface area contributed by atoms with Gasteiger partial charge >= 0.3 is 0 Å². The molecule has 5 heteroatoms. The first-order chi connectivity index (χ1) is 7.50. The van der Waals surface area contributed by atoms with Crippen LogP contribution in [0.25, 0.3) is 0 Å². The molecule has 0 aromatic heterocycles. The Hall–Kier alpha value is 0.580. The van der Waals surface area contributed by atoms with Gasteiger partial charge in [0, 0.05) is 49.2 Å². The molecule has 0 aromatic rings. The van der Waals surface area contributed by atoms with Crippen molar-refractivity contribution >= 4 is 23.5 Å². The Morgan fingerprint density at radius 3 is 1.73 bits per heavy atom. The highest BCUT2D eigenvalue weighted by Gasteiger charge is 1.94. The van der Waals surface area contributed by atoms with E-state index in [-0.39, 0.29) is 0 Å². The minimum Gasteiger partial charge on any atom is -0.380 e. The van der Waals surface area contributed by atoms with E-state index in [1.54, 1.807) is 0 Å². The first-order valence-corrected chi connectivity index (χ1v) is 7.96. The van der Waals surface area contributed by atoms with Crippen LogP contribution in [-0.4, -0.2) is 62.4 Å². The lowest BCUT2D eigenvalue weighted by molar-refractivity contribution is 0.167. The van der Waals surface area contributed by atoms with Crippen molar-refractivity contribution < 1.29 is 4.74 Å². The first-order valence-electron chi connectivity index (χ1n) is 5.65. The highest BCUT2D eigenvalue weighted by atomic mass is 32.2. The standard InChI is InChI=1S/C10H22N2OS2/c1-2-12-4-8-15-10-6-13-5-9-14-7-3-11-1/h11-12H,1-10H2. The van der Waals surface area contributed by atoms with Crippen LogP contribution in [0.5, 0.6) is 0 Å². The van der Waals surface area contributed by atoms with Gasteiger partial charge in [-0.1, -0.05) is 0 Å². The van der Waals surface area contributed by atoms with Gasteiger partial charge in [-0.15, -0.1) is 0 Å². The zero-order valence-electron chi connectivity index (χ0n) is 9.30. The molecule has 1 fully saturated rings. The minimum absolute atomic E-state index is 0.906. The van der Waals surface area contributed by atoms with Gasteiger partial charge in [0.15, 0.2) is 0 Å². The Kier molecular flexibility index (Phi) is 10.1. The number of hydrogen-bond donors (Lipinski definition) is 2. The Morgan fingerprint density at radius 2 is 1.20 bits per heavy atom. The van der Waals surface area contributed by atoms with Gasteiger partial charge in [0.25, 0.3) is 0 Å². The molecule has 0 radical (unpaired) electrons. The van der Waals surface area contributed by atoms with E-state index in [4.69, 9.17) is 4.74 Å². The van der Waals surface area contributed by atoms with Gasteiger partial charge in [-0.25, -0.2) is 0 Å². The number of nitrogens with one attached hydrogen (secondary N) is 2. The van der Waals surface area contributed by atoms with Crippen molar-refractivity contribution in [2.45, 2.75) is 0 Å². The van der Waals surface area contributed by atoms with E-state index in [1.807, 2.05) is 23.5 Å². The van der Waals surface area contributed by atoms with E-state index in [1.165, 1.54) is 11.5 Å². The third-order valence-corrected chi connectivity index (χ3v) is 3.97. The largest absolute Gasteiger partial charge is 0.380 e. The van der Waals surface area contributed by atoms with Crippen molar-refractivity contribution in [3.8, 4) is 0 Å². The van der Waals surface area contributed by atoms with E-state index in [0.717, 1.165) is 50.9 Å². The molecule has 3 nitrogen and oxygen atoms in total. The molecular weight excluding hydrogens is 228 g/mol. The summed E-state index contributed by atoms with van der Waals surface area (Å²) in [7, 11) is 0.